The quantitative estimate of drug-likeness (QED) is 0.365. The monoisotopic (exact) mass is 485 g/mol. The van der Waals surface area contributed by atoms with Crippen LogP contribution in [0, 0.1) is 0 Å². The Hall–Kier alpha value is -2.90. The fourth-order valence-electron chi connectivity index (χ4n) is 3.62. The molecule has 6 nitrogen and oxygen atoms in total. The molecule has 33 heavy (non-hydrogen) atoms. The second-order valence-corrected chi connectivity index (χ2v) is 8.60. The predicted molar refractivity (Wildman–Crippen MR) is 137 cm³/mol. The van der Waals surface area contributed by atoms with E-state index in [9.17, 15) is 9.59 Å². The van der Waals surface area contributed by atoms with Crippen molar-refractivity contribution in [2.75, 3.05) is 11.9 Å². The third-order valence-corrected chi connectivity index (χ3v) is 5.80. The minimum absolute atomic E-state index is 0.123. The van der Waals surface area contributed by atoms with E-state index in [1.54, 1.807) is 24.3 Å². The molecule has 1 fully saturated rings. The van der Waals surface area contributed by atoms with Crippen LogP contribution in [0.1, 0.15) is 54.9 Å². The Balaban J connectivity index is 1.54. The van der Waals surface area contributed by atoms with E-state index in [1.165, 1.54) is 12.5 Å². The molecule has 0 aliphatic heterocycles. The van der Waals surface area contributed by atoms with Crippen molar-refractivity contribution < 1.29 is 14.3 Å². The normalized spacial score (nSPS) is 14.0. The number of thiocarbonyl (C=S) groups is 1. The van der Waals surface area contributed by atoms with Gasteiger partial charge in [0.1, 0.15) is 5.75 Å². The molecule has 0 aromatic heterocycles. The van der Waals surface area contributed by atoms with Gasteiger partial charge in [-0.15, -0.1) is 0 Å². The molecule has 0 radical (unpaired) electrons. The SMILES string of the molecule is CCOc1ccc(/C=C/C(=O)NC(=S)Nc2ccc(Cl)c(C(=O)NC3CCCCC3)c2)cc1. The molecule has 0 spiro atoms. The molecule has 3 rings (SSSR count). The molecule has 2 aromatic rings. The minimum atomic E-state index is -0.370. The average molecular weight is 486 g/mol. The Bertz CT molecular complexity index is 1020. The molecule has 2 aromatic carbocycles. The maximum atomic E-state index is 12.7. The zero-order valence-electron chi connectivity index (χ0n) is 18.5. The standard InChI is InChI=1S/C25H28ClN3O3S/c1-2-32-20-12-8-17(9-13-20)10-15-23(30)29-25(33)28-19-11-14-22(26)21(16-19)24(31)27-18-6-4-3-5-7-18/h8-16,18H,2-7H2,1H3,(H,27,31)(H2,28,29,30,33)/b15-10+. The number of amides is 2. The third kappa shape index (κ3) is 7.87. The van der Waals surface area contributed by atoms with Crippen molar-refractivity contribution in [3.05, 3.63) is 64.7 Å². The number of carbonyl (C=O) groups excluding carboxylic acids is 2. The van der Waals surface area contributed by atoms with Crippen molar-refractivity contribution in [3.63, 3.8) is 0 Å². The second-order valence-electron chi connectivity index (χ2n) is 7.78. The summed E-state index contributed by atoms with van der Waals surface area (Å²) in [6.45, 7) is 2.52. The zero-order valence-corrected chi connectivity index (χ0v) is 20.1. The highest BCUT2D eigenvalue weighted by atomic mass is 35.5. The van der Waals surface area contributed by atoms with Gasteiger partial charge in [-0.3, -0.25) is 14.9 Å². The van der Waals surface area contributed by atoms with Crippen molar-refractivity contribution in [1.29, 1.82) is 0 Å². The van der Waals surface area contributed by atoms with Crippen LogP contribution in [0.4, 0.5) is 5.69 Å². The number of hydrogen-bond acceptors (Lipinski definition) is 4. The summed E-state index contributed by atoms with van der Waals surface area (Å²) in [6, 6.07) is 12.6. The smallest absolute Gasteiger partial charge is 0.253 e. The largest absolute Gasteiger partial charge is 0.494 e. The van der Waals surface area contributed by atoms with Gasteiger partial charge in [0.05, 0.1) is 17.2 Å². The Labute approximate surface area is 204 Å². The lowest BCUT2D eigenvalue weighted by Crippen LogP contribution is -2.36. The van der Waals surface area contributed by atoms with E-state index < -0.39 is 0 Å². The molecule has 174 valence electrons. The summed E-state index contributed by atoms with van der Waals surface area (Å²) in [5.41, 5.74) is 1.80. The molecule has 0 unspecified atom stereocenters. The summed E-state index contributed by atoms with van der Waals surface area (Å²) >= 11 is 11.5. The van der Waals surface area contributed by atoms with E-state index in [4.69, 9.17) is 28.6 Å². The Kier molecular flexibility index (Phi) is 9.27. The molecular weight excluding hydrogens is 458 g/mol. The van der Waals surface area contributed by atoms with Gasteiger partial charge in [0.25, 0.3) is 5.91 Å². The van der Waals surface area contributed by atoms with Crippen LogP contribution < -0.4 is 20.7 Å². The third-order valence-electron chi connectivity index (χ3n) is 5.26. The van der Waals surface area contributed by atoms with Crippen molar-refractivity contribution in [2.45, 2.75) is 45.1 Å². The molecule has 0 saturated heterocycles. The molecule has 1 aliphatic rings. The molecule has 1 aliphatic carbocycles. The number of nitrogens with one attached hydrogen (secondary N) is 3. The molecule has 0 atom stereocenters. The van der Waals surface area contributed by atoms with Crippen molar-refractivity contribution in [3.8, 4) is 5.75 Å². The fourth-order valence-corrected chi connectivity index (χ4v) is 4.04. The first-order valence-electron chi connectivity index (χ1n) is 11.1. The summed E-state index contributed by atoms with van der Waals surface area (Å²) in [6.07, 6.45) is 8.52. The van der Waals surface area contributed by atoms with Gasteiger partial charge in [0.2, 0.25) is 5.91 Å². The summed E-state index contributed by atoms with van der Waals surface area (Å²) in [5, 5.41) is 9.07. The first kappa shape index (κ1) is 24.7. The first-order chi connectivity index (χ1) is 15.9. The maximum absolute atomic E-state index is 12.7. The van der Waals surface area contributed by atoms with Crippen LogP contribution in [0.25, 0.3) is 6.08 Å². The highest BCUT2D eigenvalue weighted by molar-refractivity contribution is 7.80. The molecule has 1 saturated carbocycles. The molecule has 3 N–H and O–H groups in total. The van der Waals surface area contributed by atoms with Gasteiger partial charge < -0.3 is 15.4 Å². The minimum Gasteiger partial charge on any atom is -0.494 e. The highest BCUT2D eigenvalue weighted by Crippen LogP contribution is 2.23. The van der Waals surface area contributed by atoms with Gasteiger partial charge in [-0.2, -0.15) is 0 Å². The number of rotatable bonds is 7. The predicted octanol–water partition coefficient (Wildman–Crippen LogP) is 5.33. The molecule has 8 heteroatoms. The van der Waals surface area contributed by atoms with Crippen LogP contribution in [0.2, 0.25) is 5.02 Å². The second kappa shape index (κ2) is 12.4. The lowest BCUT2D eigenvalue weighted by atomic mass is 9.95. The van der Waals surface area contributed by atoms with E-state index in [0.29, 0.717) is 22.9 Å². The van der Waals surface area contributed by atoms with Gasteiger partial charge in [0.15, 0.2) is 5.11 Å². The number of anilines is 1. The van der Waals surface area contributed by atoms with Crippen LogP contribution in [0.5, 0.6) is 5.75 Å². The maximum Gasteiger partial charge on any atom is 0.253 e. The van der Waals surface area contributed by atoms with E-state index in [0.717, 1.165) is 37.0 Å². The fraction of sp³-hybridized carbons (Fsp3) is 0.320. The number of benzene rings is 2. The molecule has 0 bridgehead atoms. The van der Waals surface area contributed by atoms with Crippen LogP contribution in [-0.2, 0) is 4.79 Å². The van der Waals surface area contributed by atoms with Gasteiger partial charge >= 0.3 is 0 Å². The molecule has 0 heterocycles. The molecular formula is C25H28ClN3O3S. The number of ether oxygens (including phenoxy) is 1. The van der Waals surface area contributed by atoms with Crippen LogP contribution >= 0.6 is 23.8 Å². The average Bonchev–Trinajstić information content (AvgIpc) is 2.80. The van der Waals surface area contributed by atoms with Crippen LogP contribution in [0.3, 0.4) is 0 Å². The topological polar surface area (TPSA) is 79.5 Å². The Morgan fingerprint density at radius 3 is 2.55 bits per heavy atom. The lowest BCUT2D eigenvalue weighted by Gasteiger charge is -2.23. The Morgan fingerprint density at radius 2 is 1.85 bits per heavy atom. The van der Waals surface area contributed by atoms with Crippen LogP contribution in [-0.4, -0.2) is 29.6 Å². The van der Waals surface area contributed by atoms with E-state index >= 15 is 0 Å². The number of halogens is 1. The van der Waals surface area contributed by atoms with Crippen molar-refractivity contribution in [2.24, 2.45) is 0 Å². The van der Waals surface area contributed by atoms with E-state index in [1.807, 2.05) is 31.2 Å². The molecule has 2 amide bonds. The Morgan fingerprint density at radius 1 is 1.12 bits per heavy atom. The summed E-state index contributed by atoms with van der Waals surface area (Å²) in [5.74, 6) is 0.202. The zero-order chi connectivity index (χ0) is 23.6. The number of hydrogen-bond donors (Lipinski definition) is 3. The van der Waals surface area contributed by atoms with Gasteiger partial charge in [0, 0.05) is 17.8 Å². The van der Waals surface area contributed by atoms with Gasteiger partial charge in [-0.1, -0.05) is 43.0 Å². The summed E-state index contributed by atoms with van der Waals surface area (Å²) < 4.78 is 5.40. The van der Waals surface area contributed by atoms with E-state index in [-0.39, 0.29) is 23.0 Å². The van der Waals surface area contributed by atoms with Crippen LogP contribution in [0.15, 0.2) is 48.5 Å². The van der Waals surface area contributed by atoms with E-state index in [2.05, 4.69) is 16.0 Å². The van der Waals surface area contributed by atoms with Gasteiger partial charge in [-0.25, -0.2) is 0 Å². The highest BCUT2D eigenvalue weighted by Gasteiger charge is 2.18. The summed E-state index contributed by atoms with van der Waals surface area (Å²) in [4.78, 5) is 24.9. The first-order valence-corrected chi connectivity index (χ1v) is 11.9. The van der Waals surface area contributed by atoms with Gasteiger partial charge in [-0.05, 0) is 74.0 Å². The lowest BCUT2D eigenvalue weighted by molar-refractivity contribution is -0.115. The van der Waals surface area contributed by atoms with Crippen molar-refractivity contribution >= 4 is 52.5 Å². The summed E-state index contributed by atoms with van der Waals surface area (Å²) in [7, 11) is 0. The van der Waals surface area contributed by atoms with Crippen molar-refractivity contribution in [1.82, 2.24) is 10.6 Å². The number of carbonyl (C=O) groups is 2.